The molecule has 0 atom stereocenters. The van der Waals surface area contributed by atoms with Gasteiger partial charge in [0.15, 0.2) is 0 Å². The molecule has 28 heavy (non-hydrogen) atoms. The van der Waals surface area contributed by atoms with Crippen LogP contribution in [0.4, 0.5) is 5.69 Å². The normalized spacial score (nSPS) is 12.1. The number of azide groups is 1. The van der Waals surface area contributed by atoms with Crippen molar-refractivity contribution in [3.05, 3.63) is 93.1 Å². The summed E-state index contributed by atoms with van der Waals surface area (Å²) < 4.78 is 5.90. The van der Waals surface area contributed by atoms with E-state index in [2.05, 4.69) is 10.0 Å². The maximum atomic E-state index is 9.27. The van der Waals surface area contributed by atoms with Crippen LogP contribution in [0.25, 0.3) is 22.1 Å². The topological polar surface area (TPSA) is 106 Å². The fourth-order valence-electron chi connectivity index (χ4n) is 2.91. The molecule has 2 aromatic rings. The summed E-state index contributed by atoms with van der Waals surface area (Å²) in [4.78, 5) is 2.85. The highest BCUT2D eigenvalue weighted by atomic mass is 16.5. The molecule has 2 aromatic carbocycles. The van der Waals surface area contributed by atoms with Crippen molar-refractivity contribution in [3.63, 3.8) is 0 Å². The number of allylic oxidation sites excluding steroid dienone is 4. The number of para-hydroxylation sites is 1. The second-order valence-electron chi connectivity index (χ2n) is 5.92. The Labute approximate surface area is 162 Å². The molecule has 134 valence electrons. The Morgan fingerprint density at radius 2 is 1.96 bits per heavy atom. The van der Waals surface area contributed by atoms with Gasteiger partial charge in [-0.2, -0.15) is 10.5 Å². The minimum atomic E-state index is 0.0358. The van der Waals surface area contributed by atoms with Crippen LogP contribution < -0.4 is 4.74 Å². The molecular weight excluding hydrogens is 350 g/mol. The molecule has 0 radical (unpaired) electrons. The van der Waals surface area contributed by atoms with Gasteiger partial charge in [0.25, 0.3) is 0 Å². The van der Waals surface area contributed by atoms with Gasteiger partial charge < -0.3 is 4.74 Å². The summed E-state index contributed by atoms with van der Waals surface area (Å²) in [6.07, 6.45) is 6.08. The van der Waals surface area contributed by atoms with Gasteiger partial charge in [-0.1, -0.05) is 54.5 Å². The molecule has 0 amide bonds. The third-order valence-electron chi connectivity index (χ3n) is 4.26. The summed E-state index contributed by atoms with van der Waals surface area (Å²) in [5.41, 5.74) is 12.4. The van der Waals surface area contributed by atoms with Gasteiger partial charge in [0.05, 0.1) is 0 Å². The van der Waals surface area contributed by atoms with Crippen LogP contribution in [0.5, 0.6) is 5.75 Å². The molecule has 0 fully saturated rings. The van der Waals surface area contributed by atoms with Gasteiger partial charge in [0.1, 0.15) is 29.2 Å². The van der Waals surface area contributed by atoms with Crippen molar-refractivity contribution in [1.82, 2.24) is 0 Å². The Morgan fingerprint density at radius 3 is 2.68 bits per heavy atom. The predicted octanol–water partition coefficient (Wildman–Crippen LogP) is 5.98. The molecule has 0 saturated carbocycles. The van der Waals surface area contributed by atoms with E-state index in [9.17, 15) is 10.5 Å². The highest BCUT2D eigenvalue weighted by Crippen LogP contribution is 2.35. The first-order valence-corrected chi connectivity index (χ1v) is 8.59. The average molecular weight is 365 g/mol. The number of nitriles is 2. The van der Waals surface area contributed by atoms with Crippen molar-refractivity contribution >= 4 is 17.3 Å². The molecule has 6 nitrogen and oxygen atoms in total. The fraction of sp³-hybridized carbons (Fsp3) is 0.0909. The molecule has 0 aliphatic carbocycles. The van der Waals surface area contributed by atoms with Crippen molar-refractivity contribution in [2.24, 2.45) is 5.11 Å². The minimum Gasteiger partial charge on any atom is -0.457 e. The van der Waals surface area contributed by atoms with E-state index in [0.29, 0.717) is 28.3 Å². The van der Waals surface area contributed by atoms with E-state index in [-0.39, 0.29) is 5.57 Å². The summed E-state index contributed by atoms with van der Waals surface area (Å²) in [7, 11) is 0. The van der Waals surface area contributed by atoms with E-state index in [4.69, 9.17) is 10.3 Å². The quantitative estimate of drug-likeness (QED) is 0.288. The van der Waals surface area contributed by atoms with E-state index in [1.165, 1.54) is 0 Å². The molecule has 6 heteroatoms. The van der Waals surface area contributed by atoms with Crippen LogP contribution in [0, 0.1) is 22.7 Å². The molecule has 1 aliphatic rings. The fourth-order valence-corrected chi connectivity index (χ4v) is 2.91. The third kappa shape index (κ3) is 3.78. The lowest BCUT2D eigenvalue weighted by molar-refractivity contribution is 0.439. The van der Waals surface area contributed by atoms with Crippen LogP contribution in [0.1, 0.15) is 23.6 Å². The molecule has 0 N–H and O–H groups in total. The van der Waals surface area contributed by atoms with Crippen LogP contribution >= 0.6 is 0 Å². The van der Waals surface area contributed by atoms with Crippen molar-refractivity contribution in [1.29, 1.82) is 10.5 Å². The number of fused-ring (bicyclic) bond motifs is 1. The number of hydrogen-bond acceptors (Lipinski definition) is 4. The lowest BCUT2D eigenvalue weighted by Crippen LogP contribution is -2.03. The van der Waals surface area contributed by atoms with Gasteiger partial charge >= 0.3 is 0 Å². The summed E-state index contributed by atoms with van der Waals surface area (Å²) >= 11 is 0. The molecule has 0 unspecified atom stereocenters. The average Bonchev–Trinajstić information content (AvgIpc) is 2.74. The van der Waals surface area contributed by atoms with E-state index >= 15 is 0 Å². The van der Waals surface area contributed by atoms with E-state index in [0.717, 1.165) is 17.5 Å². The molecule has 1 aliphatic heterocycles. The lowest BCUT2D eigenvalue weighted by Gasteiger charge is -2.18. The number of aryl methyl sites for hydroxylation is 1. The van der Waals surface area contributed by atoms with Gasteiger partial charge in [0.2, 0.25) is 0 Å². The first-order chi connectivity index (χ1) is 13.7. The number of ether oxygens (including phenoxy) is 1. The second-order valence-corrected chi connectivity index (χ2v) is 5.92. The Morgan fingerprint density at radius 1 is 1.18 bits per heavy atom. The molecule has 0 saturated heterocycles. The molecular formula is C22H15N5O. The van der Waals surface area contributed by atoms with Gasteiger partial charge in [-0.25, -0.2) is 0 Å². The molecule has 1 heterocycles. The molecule has 3 rings (SSSR count). The first-order valence-electron chi connectivity index (χ1n) is 8.59. The van der Waals surface area contributed by atoms with Gasteiger partial charge in [-0.05, 0) is 41.3 Å². The zero-order chi connectivity index (χ0) is 19.9. The van der Waals surface area contributed by atoms with E-state index < -0.39 is 0 Å². The highest BCUT2D eigenvalue weighted by Gasteiger charge is 2.18. The van der Waals surface area contributed by atoms with Crippen molar-refractivity contribution < 1.29 is 4.74 Å². The zero-order valence-electron chi connectivity index (χ0n) is 15.1. The van der Waals surface area contributed by atoms with Gasteiger partial charge in [-0.3, -0.25) is 0 Å². The number of rotatable bonds is 4. The standard InChI is InChI=1S/C22H15N5O/c1-2-16-11-15(8-10-21(16)26-27-25)7-9-18-12-20(17(13-23)14-24)19-5-3-4-6-22(19)28-18/h3-12H,2H2,1H3/b9-7+. The largest absolute Gasteiger partial charge is 0.457 e. The zero-order valence-corrected chi connectivity index (χ0v) is 15.1. The first kappa shape index (κ1) is 18.5. The Balaban J connectivity index is 1.99. The second kappa shape index (κ2) is 8.42. The highest BCUT2D eigenvalue weighted by molar-refractivity contribution is 5.87. The Bertz CT molecular complexity index is 1140. The maximum absolute atomic E-state index is 9.27. The number of benzene rings is 2. The van der Waals surface area contributed by atoms with Crippen molar-refractivity contribution in [2.45, 2.75) is 13.3 Å². The van der Waals surface area contributed by atoms with Gasteiger partial charge in [-0.15, -0.1) is 0 Å². The SMILES string of the molecule is CCc1cc(/C=C/C2=CC(=C(C#N)C#N)c3ccccc3O2)ccc1N=[N+]=[N-]. The Hall–Kier alpha value is -4.25. The van der Waals surface area contributed by atoms with E-state index in [1.54, 1.807) is 24.3 Å². The van der Waals surface area contributed by atoms with Crippen LogP contribution in [-0.4, -0.2) is 0 Å². The smallest absolute Gasteiger partial charge is 0.137 e. The van der Waals surface area contributed by atoms with Gasteiger partial charge in [0, 0.05) is 21.7 Å². The number of hydrogen-bond donors (Lipinski definition) is 0. The summed E-state index contributed by atoms with van der Waals surface area (Å²) in [5, 5.41) is 22.2. The van der Waals surface area contributed by atoms with Crippen LogP contribution in [-0.2, 0) is 6.42 Å². The lowest BCUT2D eigenvalue weighted by atomic mass is 9.97. The summed E-state index contributed by atoms with van der Waals surface area (Å²) in [5.74, 6) is 1.12. The van der Waals surface area contributed by atoms with Crippen LogP contribution in [0.3, 0.4) is 0 Å². The predicted molar refractivity (Wildman–Crippen MR) is 107 cm³/mol. The van der Waals surface area contributed by atoms with Crippen molar-refractivity contribution in [3.8, 4) is 17.9 Å². The summed E-state index contributed by atoms with van der Waals surface area (Å²) in [6.45, 7) is 1.99. The van der Waals surface area contributed by atoms with Crippen molar-refractivity contribution in [2.75, 3.05) is 0 Å². The number of nitrogens with zero attached hydrogens (tertiary/aromatic N) is 5. The molecule has 0 bridgehead atoms. The minimum absolute atomic E-state index is 0.0358. The monoisotopic (exact) mass is 365 g/mol. The van der Waals surface area contributed by atoms with E-state index in [1.807, 2.05) is 55.5 Å². The summed E-state index contributed by atoms with van der Waals surface area (Å²) in [6, 6.07) is 16.8. The van der Waals surface area contributed by atoms with Crippen LogP contribution in [0.2, 0.25) is 0 Å². The van der Waals surface area contributed by atoms with Crippen LogP contribution in [0.15, 0.2) is 71.1 Å². The molecule has 0 aromatic heterocycles. The molecule has 0 spiro atoms. The maximum Gasteiger partial charge on any atom is 0.137 e. The third-order valence-corrected chi connectivity index (χ3v) is 4.26. The Kier molecular flexibility index (Phi) is 5.58.